The first kappa shape index (κ1) is 39.5. The van der Waals surface area contributed by atoms with Crippen LogP contribution in [0.25, 0.3) is 0 Å². The average Bonchev–Trinajstić information content (AvgIpc) is 3.21. The van der Waals surface area contributed by atoms with E-state index in [4.69, 9.17) is 56.8 Å². The number of benzene rings is 4. The van der Waals surface area contributed by atoms with Crippen molar-refractivity contribution in [3.63, 3.8) is 0 Å². The maximum Gasteiger partial charge on any atom is 0.303 e. The van der Waals surface area contributed by atoms with Gasteiger partial charge in [-0.15, -0.1) is 0 Å². The molecular weight excluding hydrogens is 728 g/mol. The van der Waals surface area contributed by atoms with E-state index < -0.39 is 42.3 Å². The van der Waals surface area contributed by atoms with Gasteiger partial charge in [0, 0.05) is 66.3 Å². The van der Waals surface area contributed by atoms with E-state index in [0.29, 0.717) is 85.3 Å². The van der Waals surface area contributed by atoms with Crippen LogP contribution < -0.4 is 47.4 Å². The summed E-state index contributed by atoms with van der Waals surface area (Å²) in [5.41, 5.74) is 2.96. The lowest BCUT2D eigenvalue weighted by Gasteiger charge is -2.41. The number of hydrogen-bond acceptors (Lipinski definition) is 14. The molecule has 0 amide bonds. The Kier molecular flexibility index (Phi) is 11.8. The van der Waals surface area contributed by atoms with Crippen molar-refractivity contribution in [1.82, 2.24) is 0 Å². The van der Waals surface area contributed by atoms with E-state index in [-0.39, 0.29) is 6.42 Å². The summed E-state index contributed by atoms with van der Waals surface area (Å²) in [4.78, 5) is 25.7. The van der Waals surface area contributed by atoms with Gasteiger partial charge in [0.25, 0.3) is 0 Å². The van der Waals surface area contributed by atoms with Gasteiger partial charge in [-0.1, -0.05) is 12.1 Å². The lowest BCUT2D eigenvalue weighted by molar-refractivity contribution is -0.154. The Bertz CT molecular complexity index is 2090. The van der Waals surface area contributed by atoms with Gasteiger partial charge in [0.15, 0.2) is 41.3 Å². The minimum atomic E-state index is -1.03. The summed E-state index contributed by atoms with van der Waals surface area (Å²) in [7, 11) is 12.3. The molecule has 2 aliphatic rings. The Morgan fingerprint density at radius 1 is 0.536 bits per heavy atom. The van der Waals surface area contributed by atoms with Crippen LogP contribution in [-0.4, -0.2) is 81.0 Å². The highest BCUT2D eigenvalue weighted by Crippen LogP contribution is 2.58. The Labute approximate surface area is 325 Å². The van der Waals surface area contributed by atoms with Gasteiger partial charge in [0.2, 0.25) is 0 Å². The number of methoxy groups -OCH3 is 8. The Balaban J connectivity index is 1.61. The molecule has 0 radical (unpaired) electrons. The van der Waals surface area contributed by atoms with E-state index >= 15 is 0 Å². The van der Waals surface area contributed by atoms with Gasteiger partial charge in [0.1, 0.15) is 40.6 Å². The van der Waals surface area contributed by atoms with Crippen LogP contribution in [0.4, 0.5) is 0 Å². The van der Waals surface area contributed by atoms with E-state index in [1.54, 1.807) is 63.8 Å². The molecule has 0 spiro atoms. The van der Waals surface area contributed by atoms with Crippen molar-refractivity contribution in [2.75, 3.05) is 56.9 Å². The molecule has 4 aromatic carbocycles. The van der Waals surface area contributed by atoms with Crippen molar-refractivity contribution >= 4 is 11.9 Å². The average molecular weight is 775 g/mol. The van der Waals surface area contributed by atoms with Gasteiger partial charge in [-0.25, -0.2) is 0 Å². The molecule has 298 valence electrons. The largest absolute Gasteiger partial charge is 0.496 e. The van der Waals surface area contributed by atoms with Crippen LogP contribution in [-0.2, 0) is 25.5 Å². The first-order valence-electron chi connectivity index (χ1n) is 17.7. The zero-order valence-electron chi connectivity index (χ0n) is 33.0. The number of carbonyl (C=O) groups is 2. The fourth-order valence-corrected chi connectivity index (χ4v) is 7.54. The van der Waals surface area contributed by atoms with Crippen LogP contribution in [0.15, 0.2) is 54.6 Å². The van der Waals surface area contributed by atoms with Crippen LogP contribution in [0.2, 0.25) is 0 Å². The van der Waals surface area contributed by atoms with Crippen molar-refractivity contribution in [2.24, 2.45) is 0 Å². The van der Waals surface area contributed by atoms with E-state index in [1.165, 1.54) is 49.4 Å². The second-order valence-corrected chi connectivity index (χ2v) is 13.0. The quantitative estimate of drug-likeness (QED) is 0.135. The molecule has 56 heavy (non-hydrogen) atoms. The fourth-order valence-electron chi connectivity index (χ4n) is 7.54. The molecule has 0 fully saturated rings. The molecule has 2 aliphatic heterocycles. The molecule has 14 nitrogen and oxygen atoms in total. The molecule has 14 heteroatoms. The summed E-state index contributed by atoms with van der Waals surface area (Å²) < 4.78 is 71.8. The van der Waals surface area contributed by atoms with Crippen LogP contribution in [0, 0.1) is 0 Å². The molecule has 0 N–H and O–H groups in total. The summed E-state index contributed by atoms with van der Waals surface area (Å²) in [5.74, 6) is 2.49. The topological polar surface area (TPSA) is 145 Å². The van der Waals surface area contributed by atoms with Crippen LogP contribution in [0.5, 0.6) is 57.5 Å². The Morgan fingerprint density at radius 3 is 1.59 bits per heavy atom. The summed E-state index contributed by atoms with van der Waals surface area (Å²) in [6, 6.07) is 15.9. The van der Waals surface area contributed by atoms with Crippen molar-refractivity contribution < 1.29 is 66.4 Å². The monoisotopic (exact) mass is 774 g/mol. The van der Waals surface area contributed by atoms with Crippen LogP contribution in [0.3, 0.4) is 0 Å². The number of carbonyl (C=O) groups excluding carboxylic acids is 2. The third-order valence-electron chi connectivity index (χ3n) is 9.89. The second-order valence-electron chi connectivity index (χ2n) is 13.0. The predicted molar refractivity (Wildman–Crippen MR) is 202 cm³/mol. The number of fused-ring (bicyclic) bond motifs is 2. The number of ether oxygens (including phenoxy) is 12. The maximum absolute atomic E-state index is 13.1. The molecule has 2 heterocycles. The zero-order valence-corrected chi connectivity index (χ0v) is 33.0. The molecular formula is C42H46O14. The minimum absolute atomic E-state index is 0.182. The number of esters is 2. The normalized spacial score (nSPS) is 19.4. The van der Waals surface area contributed by atoms with Gasteiger partial charge in [0.05, 0.1) is 62.8 Å². The molecule has 0 saturated carbocycles. The summed E-state index contributed by atoms with van der Waals surface area (Å²) in [6.45, 7) is 2.67. The standard InChI is InChI=1S/C42H46O14/c1-21(43)53-35-19-26-29(55-39(35)23-11-13-27(46-4)30(15-23)48-6)20-33(51-9)37(41(26)52-10)38-36-32(50-8)17-25(45-3)18-34(36)56-40(42(38)54-22(2)44)24-12-14-28(47-5)31(16-24)49-7/h11-18,20,35,38-40,42H,19H2,1-10H3/t35-,38-,39+,40+,42-/m0/s1. The fraction of sp³-hybridized carbons (Fsp3) is 0.381. The number of rotatable bonds is 13. The molecule has 0 unspecified atom stereocenters. The third-order valence-corrected chi connectivity index (χ3v) is 9.89. The molecule has 5 atom stereocenters. The molecule has 0 aliphatic carbocycles. The van der Waals surface area contributed by atoms with E-state index in [1.807, 2.05) is 12.1 Å². The van der Waals surface area contributed by atoms with Crippen molar-refractivity contribution in [2.45, 2.75) is 50.6 Å². The van der Waals surface area contributed by atoms with Crippen molar-refractivity contribution in [3.05, 3.63) is 82.4 Å². The highest BCUT2D eigenvalue weighted by atomic mass is 16.6. The Hall–Kier alpha value is -6.18. The van der Waals surface area contributed by atoms with Crippen LogP contribution in [0.1, 0.15) is 59.8 Å². The molecule has 0 aromatic heterocycles. The lowest BCUT2D eigenvalue weighted by atomic mass is 9.77. The predicted octanol–water partition coefficient (Wildman–Crippen LogP) is 6.56. The van der Waals surface area contributed by atoms with Crippen molar-refractivity contribution in [1.29, 1.82) is 0 Å². The third kappa shape index (κ3) is 7.30. The lowest BCUT2D eigenvalue weighted by Crippen LogP contribution is -2.39. The summed E-state index contributed by atoms with van der Waals surface area (Å²) in [6.07, 6.45) is -3.29. The SMILES string of the molecule is COc1cc(OC)c2c(c1)O[C@H](c1ccc(OC)c(OC)c1)[C@@H](OC(C)=O)[C@@H]2c1c(OC)cc2c(c1OC)C[C@H](OC(C)=O)[C@@H](c1ccc(OC)c(OC)c1)O2. The summed E-state index contributed by atoms with van der Waals surface area (Å²) >= 11 is 0. The van der Waals surface area contributed by atoms with E-state index in [9.17, 15) is 9.59 Å². The first-order valence-corrected chi connectivity index (χ1v) is 17.7. The van der Waals surface area contributed by atoms with Gasteiger partial charge in [-0.2, -0.15) is 0 Å². The van der Waals surface area contributed by atoms with Gasteiger partial charge in [-0.05, 0) is 24.3 Å². The zero-order chi connectivity index (χ0) is 40.3. The van der Waals surface area contributed by atoms with Gasteiger partial charge in [-0.3, -0.25) is 9.59 Å². The van der Waals surface area contributed by atoms with Gasteiger partial charge >= 0.3 is 11.9 Å². The summed E-state index contributed by atoms with van der Waals surface area (Å²) in [5, 5.41) is 0. The molecule has 0 saturated heterocycles. The molecule has 0 bridgehead atoms. The smallest absolute Gasteiger partial charge is 0.303 e. The maximum atomic E-state index is 13.1. The minimum Gasteiger partial charge on any atom is -0.496 e. The highest BCUT2D eigenvalue weighted by molar-refractivity contribution is 5.70. The molecule has 6 rings (SSSR count). The van der Waals surface area contributed by atoms with Crippen molar-refractivity contribution in [3.8, 4) is 57.5 Å². The Morgan fingerprint density at radius 2 is 1.07 bits per heavy atom. The molecule has 4 aromatic rings. The highest BCUT2D eigenvalue weighted by Gasteiger charge is 2.49. The van der Waals surface area contributed by atoms with E-state index in [0.717, 1.165) is 0 Å². The first-order chi connectivity index (χ1) is 27.0. The van der Waals surface area contributed by atoms with Gasteiger partial charge < -0.3 is 56.8 Å². The second kappa shape index (κ2) is 16.7. The van der Waals surface area contributed by atoms with E-state index in [2.05, 4.69) is 0 Å². The number of hydrogen-bond donors (Lipinski definition) is 0. The van der Waals surface area contributed by atoms with Crippen LogP contribution >= 0.6 is 0 Å².